The number of fused-ring (bicyclic) bond motifs is 2. The Balaban J connectivity index is 1.36. The Labute approximate surface area is 177 Å². The Morgan fingerprint density at radius 1 is 1.10 bits per heavy atom. The molecule has 2 aromatic carbocycles. The summed E-state index contributed by atoms with van der Waals surface area (Å²) in [5.74, 6) is -0.626. The van der Waals surface area contributed by atoms with Crippen LogP contribution in [-0.2, 0) is 29.0 Å². The molecular formula is C22H21N5O4. The maximum Gasteiger partial charge on any atom is 0.326 e. The SMILES string of the molecule is Cc1ccc2[nH]c(=O)n(CC(=O)Nc3ccc4c(c3)C[C@]3(C4)C(=O)NC(=O)N3C)c2c1. The summed E-state index contributed by atoms with van der Waals surface area (Å²) in [6.07, 6.45) is 0.829. The number of aromatic nitrogens is 2. The number of carbonyl (C=O) groups excluding carboxylic acids is 3. The average Bonchev–Trinajstić information content (AvgIpc) is 3.31. The number of imidazole rings is 1. The van der Waals surface area contributed by atoms with Crippen LogP contribution in [0.25, 0.3) is 11.0 Å². The quantitative estimate of drug-likeness (QED) is 0.555. The fraction of sp³-hybridized carbons (Fsp3) is 0.273. The molecule has 1 aliphatic carbocycles. The van der Waals surface area contributed by atoms with Crippen LogP contribution in [0.4, 0.5) is 10.5 Å². The second-order valence-electron chi connectivity index (χ2n) is 8.27. The van der Waals surface area contributed by atoms with E-state index in [9.17, 15) is 19.2 Å². The largest absolute Gasteiger partial charge is 0.326 e. The van der Waals surface area contributed by atoms with Crippen molar-refractivity contribution in [2.24, 2.45) is 0 Å². The number of hydrogen-bond acceptors (Lipinski definition) is 4. The molecule has 0 bridgehead atoms. The van der Waals surface area contributed by atoms with Crippen molar-refractivity contribution >= 4 is 34.6 Å². The van der Waals surface area contributed by atoms with E-state index in [4.69, 9.17) is 0 Å². The van der Waals surface area contributed by atoms with E-state index in [0.29, 0.717) is 29.6 Å². The minimum Gasteiger partial charge on any atom is -0.325 e. The minimum absolute atomic E-state index is 0.122. The normalized spacial score (nSPS) is 19.9. The highest BCUT2D eigenvalue weighted by atomic mass is 16.2. The smallest absolute Gasteiger partial charge is 0.325 e. The summed E-state index contributed by atoms with van der Waals surface area (Å²) in [4.78, 5) is 53.5. The number of benzene rings is 2. The van der Waals surface area contributed by atoms with Gasteiger partial charge in [0.1, 0.15) is 12.1 Å². The van der Waals surface area contributed by atoms with Crippen LogP contribution in [0.3, 0.4) is 0 Å². The van der Waals surface area contributed by atoms with Gasteiger partial charge in [0.05, 0.1) is 11.0 Å². The van der Waals surface area contributed by atoms with Gasteiger partial charge in [-0.3, -0.25) is 19.5 Å². The number of likely N-dealkylation sites (N-methyl/N-ethyl adjacent to an activating group) is 1. The first-order chi connectivity index (χ1) is 14.8. The third-order valence-electron chi connectivity index (χ3n) is 6.28. The Morgan fingerprint density at radius 2 is 1.87 bits per heavy atom. The first-order valence-corrected chi connectivity index (χ1v) is 9.97. The van der Waals surface area contributed by atoms with Crippen molar-refractivity contribution in [3.8, 4) is 0 Å². The predicted molar refractivity (Wildman–Crippen MR) is 114 cm³/mol. The zero-order valence-corrected chi connectivity index (χ0v) is 17.1. The van der Waals surface area contributed by atoms with Gasteiger partial charge in [0, 0.05) is 25.6 Å². The molecule has 2 aliphatic rings. The first-order valence-electron chi connectivity index (χ1n) is 9.97. The van der Waals surface area contributed by atoms with Gasteiger partial charge < -0.3 is 15.2 Å². The summed E-state index contributed by atoms with van der Waals surface area (Å²) in [6, 6.07) is 10.6. The Hall–Kier alpha value is -3.88. The van der Waals surface area contributed by atoms with Gasteiger partial charge in [-0.05, 0) is 47.9 Å². The Kier molecular flexibility index (Phi) is 4.04. The molecule has 31 heavy (non-hydrogen) atoms. The molecular weight excluding hydrogens is 398 g/mol. The van der Waals surface area contributed by atoms with Gasteiger partial charge in [-0.1, -0.05) is 12.1 Å². The summed E-state index contributed by atoms with van der Waals surface area (Å²) in [5, 5.41) is 5.21. The molecule has 9 heteroatoms. The molecule has 0 saturated carbocycles. The summed E-state index contributed by atoms with van der Waals surface area (Å²) in [5.41, 5.74) is 3.57. The number of nitrogens with zero attached hydrogens (tertiary/aromatic N) is 2. The summed E-state index contributed by atoms with van der Waals surface area (Å²) < 4.78 is 1.41. The third kappa shape index (κ3) is 2.92. The summed E-state index contributed by atoms with van der Waals surface area (Å²) in [6.45, 7) is 1.80. The van der Waals surface area contributed by atoms with E-state index in [1.54, 1.807) is 13.1 Å². The maximum atomic E-state index is 12.7. The number of hydrogen-bond donors (Lipinski definition) is 3. The molecule has 4 amide bonds. The van der Waals surface area contributed by atoms with Crippen LogP contribution < -0.4 is 16.3 Å². The number of imide groups is 1. The van der Waals surface area contributed by atoms with Crippen molar-refractivity contribution in [1.82, 2.24) is 19.8 Å². The van der Waals surface area contributed by atoms with E-state index in [-0.39, 0.29) is 24.0 Å². The third-order valence-corrected chi connectivity index (χ3v) is 6.28. The van der Waals surface area contributed by atoms with E-state index in [1.807, 2.05) is 37.3 Å². The molecule has 5 rings (SSSR count). The fourth-order valence-electron chi connectivity index (χ4n) is 4.54. The highest BCUT2D eigenvalue weighted by Gasteiger charge is 2.54. The lowest BCUT2D eigenvalue weighted by atomic mass is 9.95. The molecule has 1 fully saturated rings. The monoisotopic (exact) mass is 419 g/mol. The molecule has 1 atom stereocenters. The lowest BCUT2D eigenvalue weighted by molar-refractivity contribution is -0.125. The molecule has 158 valence electrons. The molecule has 1 aromatic heterocycles. The van der Waals surface area contributed by atoms with Crippen molar-refractivity contribution in [3.05, 3.63) is 63.6 Å². The lowest BCUT2D eigenvalue weighted by Crippen LogP contribution is -2.48. The van der Waals surface area contributed by atoms with Gasteiger partial charge in [-0.15, -0.1) is 0 Å². The van der Waals surface area contributed by atoms with Crippen molar-refractivity contribution in [3.63, 3.8) is 0 Å². The van der Waals surface area contributed by atoms with E-state index in [2.05, 4.69) is 15.6 Å². The number of urea groups is 1. The van der Waals surface area contributed by atoms with E-state index >= 15 is 0 Å². The number of aryl methyl sites for hydroxylation is 1. The minimum atomic E-state index is -0.905. The van der Waals surface area contributed by atoms with Crippen LogP contribution in [0.5, 0.6) is 0 Å². The molecule has 2 heterocycles. The zero-order valence-electron chi connectivity index (χ0n) is 17.1. The highest BCUT2D eigenvalue weighted by molar-refractivity contribution is 6.07. The Morgan fingerprint density at radius 3 is 2.61 bits per heavy atom. The van der Waals surface area contributed by atoms with Crippen LogP contribution in [0, 0.1) is 6.92 Å². The van der Waals surface area contributed by atoms with Crippen molar-refractivity contribution < 1.29 is 14.4 Å². The average molecular weight is 419 g/mol. The van der Waals surface area contributed by atoms with Gasteiger partial charge in [0.25, 0.3) is 5.91 Å². The highest BCUT2D eigenvalue weighted by Crippen LogP contribution is 2.38. The Bertz CT molecular complexity index is 1340. The number of rotatable bonds is 3. The standard InChI is InChI=1S/C22H21N5O4/c1-12-3-6-16-17(7-12)27(21(31)24-16)11-18(28)23-15-5-4-13-9-22(10-14(13)8-15)19(29)25-20(30)26(22)2/h3-8H,9-11H2,1-2H3,(H,23,28)(H,24,31)(H,25,29,30)/t22-/m1/s1. The number of aromatic amines is 1. The van der Waals surface area contributed by atoms with Crippen LogP contribution in [0.15, 0.2) is 41.2 Å². The maximum absolute atomic E-state index is 12.7. The molecule has 0 radical (unpaired) electrons. The van der Waals surface area contributed by atoms with Gasteiger partial charge in [-0.25, -0.2) is 9.59 Å². The zero-order chi connectivity index (χ0) is 21.9. The van der Waals surface area contributed by atoms with E-state index in [0.717, 1.165) is 16.7 Å². The van der Waals surface area contributed by atoms with Crippen LogP contribution in [0.2, 0.25) is 0 Å². The number of anilines is 1. The van der Waals surface area contributed by atoms with E-state index < -0.39 is 11.6 Å². The lowest BCUT2D eigenvalue weighted by Gasteiger charge is -2.27. The topological polar surface area (TPSA) is 116 Å². The van der Waals surface area contributed by atoms with Crippen LogP contribution in [-0.4, -0.2) is 44.9 Å². The molecule has 1 aliphatic heterocycles. The van der Waals surface area contributed by atoms with Gasteiger partial charge in [-0.2, -0.15) is 0 Å². The summed E-state index contributed by atoms with van der Waals surface area (Å²) >= 11 is 0. The molecule has 3 aromatic rings. The fourth-order valence-corrected chi connectivity index (χ4v) is 4.54. The van der Waals surface area contributed by atoms with Crippen LogP contribution >= 0.6 is 0 Å². The van der Waals surface area contributed by atoms with Crippen molar-refractivity contribution in [2.45, 2.75) is 31.8 Å². The number of nitrogens with one attached hydrogen (secondary N) is 3. The molecule has 3 N–H and O–H groups in total. The van der Waals surface area contributed by atoms with Crippen molar-refractivity contribution in [1.29, 1.82) is 0 Å². The number of H-pyrrole nitrogens is 1. The van der Waals surface area contributed by atoms with Crippen molar-refractivity contribution in [2.75, 3.05) is 12.4 Å². The first kappa shape index (κ1) is 19.1. The van der Waals surface area contributed by atoms with Gasteiger partial charge in [0.15, 0.2) is 0 Å². The molecule has 1 spiro atoms. The second-order valence-corrected chi connectivity index (χ2v) is 8.27. The molecule has 1 saturated heterocycles. The molecule has 0 unspecified atom stereocenters. The molecule has 9 nitrogen and oxygen atoms in total. The van der Waals surface area contributed by atoms with Crippen LogP contribution in [0.1, 0.15) is 16.7 Å². The van der Waals surface area contributed by atoms with Gasteiger partial charge >= 0.3 is 11.7 Å². The van der Waals surface area contributed by atoms with Gasteiger partial charge in [0.2, 0.25) is 5.91 Å². The predicted octanol–water partition coefficient (Wildman–Crippen LogP) is 1.30. The summed E-state index contributed by atoms with van der Waals surface area (Å²) in [7, 11) is 1.62. The second kappa shape index (κ2) is 6.56. The number of carbonyl (C=O) groups is 3. The van der Waals surface area contributed by atoms with E-state index in [1.165, 1.54) is 9.47 Å². The number of amides is 4.